The normalized spacial score (nSPS) is 34.9. The maximum atomic E-state index is 12.8. The highest BCUT2D eigenvalue weighted by Gasteiger charge is 2.71. The van der Waals surface area contributed by atoms with E-state index in [-0.39, 0.29) is 29.2 Å². The van der Waals surface area contributed by atoms with Gasteiger partial charge in [-0.25, -0.2) is 9.78 Å². The van der Waals surface area contributed by atoms with Gasteiger partial charge in [-0.05, 0) is 33.0 Å². The van der Waals surface area contributed by atoms with Crippen LogP contribution in [-0.2, 0) is 0 Å². The molecule has 29 heavy (non-hydrogen) atoms. The highest BCUT2D eigenvalue weighted by molar-refractivity contribution is 5.83. The minimum Gasteiger partial charge on any atom is -0.496 e. The average Bonchev–Trinajstić information content (AvgIpc) is 3.38. The van der Waals surface area contributed by atoms with Crippen molar-refractivity contribution in [2.75, 3.05) is 33.8 Å². The van der Waals surface area contributed by atoms with Crippen molar-refractivity contribution in [1.29, 1.82) is 0 Å². The summed E-state index contributed by atoms with van der Waals surface area (Å²) in [4.78, 5) is 22.5. The third-order valence-electron chi connectivity index (χ3n) is 6.90. The molecular formula is C22H28N4O3. The van der Waals surface area contributed by atoms with Crippen LogP contribution >= 0.6 is 0 Å². The van der Waals surface area contributed by atoms with Gasteiger partial charge < -0.3 is 14.1 Å². The summed E-state index contributed by atoms with van der Waals surface area (Å²) in [6.45, 7) is 7.40. The standard InChI is InChI=1S/C22H28N4O3/c1-13-8-9-15-19(22(15,24-13)26-11-10-25(3)14(2)12-26)20-23-16-6-5-7-17(28-4)18(16)21(27)29-20/h5-9,13-15,19,24H,10-12H2,1-4H3. The van der Waals surface area contributed by atoms with Gasteiger partial charge in [0, 0.05) is 37.6 Å². The first kappa shape index (κ1) is 18.8. The molecule has 1 saturated heterocycles. The number of methoxy groups -OCH3 is 1. The molecule has 154 valence electrons. The van der Waals surface area contributed by atoms with Crippen LogP contribution in [-0.4, -0.2) is 66.3 Å². The van der Waals surface area contributed by atoms with Crippen LogP contribution in [0.4, 0.5) is 0 Å². The molecule has 5 atom stereocenters. The molecule has 1 aromatic carbocycles. The number of fused-ring (bicyclic) bond motifs is 2. The van der Waals surface area contributed by atoms with Crippen LogP contribution in [0.2, 0.25) is 0 Å². The summed E-state index contributed by atoms with van der Waals surface area (Å²) in [5.41, 5.74) is 0.00213. The number of nitrogens with zero attached hydrogens (tertiary/aromatic N) is 3. The fourth-order valence-corrected chi connectivity index (χ4v) is 5.18. The van der Waals surface area contributed by atoms with Crippen LogP contribution in [0.15, 0.2) is 39.6 Å². The Bertz CT molecular complexity index is 1030. The molecule has 2 aromatic rings. The first-order valence-electron chi connectivity index (χ1n) is 10.3. The van der Waals surface area contributed by atoms with Gasteiger partial charge in [0.2, 0.25) is 5.89 Å². The monoisotopic (exact) mass is 396 g/mol. The molecule has 3 aliphatic rings. The number of hydrogen-bond acceptors (Lipinski definition) is 7. The summed E-state index contributed by atoms with van der Waals surface area (Å²) in [5, 5.41) is 4.21. The van der Waals surface area contributed by atoms with E-state index in [1.165, 1.54) is 0 Å². The average molecular weight is 396 g/mol. The number of nitrogens with one attached hydrogen (secondary N) is 1. The zero-order chi connectivity index (χ0) is 20.3. The maximum Gasteiger partial charge on any atom is 0.350 e. The number of hydrogen-bond donors (Lipinski definition) is 1. The molecule has 2 aliphatic heterocycles. The largest absolute Gasteiger partial charge is 0.496 e. The first-order valence-corrected chi connectivity index (χ1v) is 10.3. The Morgan fingerprint density at radius 2 is 2.10 bits per heavy atom. The summed E-state index contributed by atoms with van der Waals surface area (Å²) < 4.78 is 11.1. The molecule has 7 nitrogen and oxygen atoms in total. The SMILES string of the molecule is COc1cccc2nc(C3C4C=CC(C)NC43N3CCN(C)C(C)C3)oc(=O)c12. The van der Waals surface area contributed by atoms with Gasteiger partial charge in [0.25, 0.3) is 0 Å². The van der Waals surface area contributed by atoms with E-state index in [2.05, 4.69) is 48.2 Å². The minimum absolute atomic E-state index is 0.0163. The molecule has 1 saturated carbocycles. The van der Waals surface area contributed by atoms with Crippen molar-refractivity contribution in [2.45, 2.75) is 37.5 Å². The molecule has 1 aliphatic carbocycles. The summed E-state index contributed by atoms with van der Waals surface area (Å²) in [6.07, 6.45) is 4.47. The predicted octanol–water partition coefficient (Wildman–Crippen LogP) is 1.79. The summed E-state index contributed by atoms with van der Waals surface area (Å²) in [5.74, 6) is 1.27. The fraction of sp³-hybridized carbons (Fsp3) is 0.545. The second-order valence-corrected chi connectivity index (χ2v) is 8.62. The van der Waals surface area contributed by atoms with Gasteiger partial charge >= 0.3 is 5.63 Å². The number of benzene rings is 1. The highest BCUT2D eigenvalue weighted by atomic mass is 16.5. The molecular weight excluding hydrogens is 368 g/mol. The fourth-order valence-electron chi connectivity index (χ4n) is 5.18. The smallest absolute Gasteiger partial charge is 0.350 e. The third kappa shape index (κ3) is 2.75. The van der Waals surface area contributed by atoms with E-state index >= 15 is 0 Å². The zero-order valence-electron chi connectivity index (χ0n) is 17.4. The number of piperazine rings is 1. The lowest BCUT2D eigenvalue weighted by molar-refractivity contribution is 0.0344. The summed E-state index contributed by atoms with van der Waals surface area (Å²) in [7, 11) is 3.73. The maximum absolute atomic E-state index is 12.8. The van der Waals surface area contributed by atoms with Crippen molar-refractivity contribution >= 4 is 10.9 Å². The second kappa shape index (κ2) is 6.65. The lowest BCUT2D eigenvalue weighted by Gasteiger charge is -2.44. The van der Waals surface area contributed by atoms with Gasteiger partial charge in [0.1, 0.15) is 11.1 Å². The highest BCUT2D eigenvalue weighted by Crippen LogP contribution is 2.61. The lowest BCUT2D eigenvalue weighted by atomic mass is 10.1. The Balaban J connectivity index is 1.57. The molecule has 1 aromatic heterocycles. The molecule has 0 bridgehead atoms. The summed E-state index contributed by atoms with van der Waals surface area (Å²) in [6, 6.07) is 6.20. The molecule has 0 radical (unpaired) electrons. The van der Waals surface area contributed by atoms with Gasteiger partial charge in [-0.2, -0.15) is 0 Å². The Labute approximate surface area is 170 Å². The van der Waals surface area contributed by atoms with E-state index in [9.17, 15) is 4.79 Å². The quantitative estimate of drug-likeness (QED) is 0.793. The molecule has 5 rings (SSSR count). The zero-order valence-corrected chi connectivity index (χ0v) is 17.4. The van der Waals surface area contributed by atoms with Gasteiger partial charge in [-0.15, -0.1) is 0 Å². The topological polar surface area (TPSA) is 70.8 Å². The molecule has 5 unspecified atom stereocenters. The van der Waals surface area contributed by atoms with E-state index < -0.39 is 0 Å². The van der Waals surface area contributed by atoms with E-state index in [1.807, 2.05) is 12.1 Å². The van der Waals surface area contributed by atoms with Crippen LogP contribution in [0.25, 0.3) is 10.9 Å². The predicted molar refractivity (Wildman–Crippen MR) is 111 cm³/mol. The van der Waals surface area contributed by atoms with Crippen LogP contribution in [0.1, 0.15) is 25.7 Å². The number of rotatable bonds is 3. The van der Waals surface area contributed by atoms with Gasteiger partial charge in [-0.1, -0.05) is 18.2 Å². The molecule has 2 fully saturated rings. The minimum atomic E-state index is -0.384. The van der Waals surface area contributed by atoms with E-state index in [0.717, 1.165) is 19.6 Å². The van der Waals surface area contributed by atoms with E-state index in [4.69, 9.17) is 14.1 Å². The van der Waals surface area contributed by atoms with E-state index in [0.29, 0.717) is 28.6 Å². The Morgan fingerprint density at radius 1 is 1.28 bits per heavy atom. The van der Waals surface area contributed by atoms with Crippen molar-refractivity contribution in [1.82, 2.24) is 20.1 Å². The van der Waals surface area contributed by atoms with Crippen molar-refractivity contribution in [3.63, 3.8) is 0 Å². The number of ether oxygens (including phenoxy) is 1. The van der Waals surface area contributed by atoms with E-state index in [1.54, 1.807) is 13.2 Å². The summed E-state index contributed by atoms with van der Waals surface area (Å²) >= 11 is 0. The molecule has 0 spiro atoms. The van der Waals surface area contributed by atoms with Gasteiger partial charge in [-0.3, -0.25) is 10.2 Å². The number of likely N-dealkylation sites (N-methyl/N-ethyl adjacent to an activating group) is 1. The van der Waals surface area contributed by atoms with Crippen LogP contribution in [0.3, 0.4) is 0 Å². The third-order valence-corrected chi connectivity index (χ3v) is 6.90. The van der Waals surface area contributed by atoms with Crippen LogP contribution < -0.4 is 15.7 Å². The van der Waals surface area contributed by atoms with Crippen LogP contribution in [0.5, 0.6) is 5.75 Å². The second-order valence-electron chi connectivity index (χ2n) is 8.62. The molecule has 0 amide bonds. The van der Waals surface area contributed by atoms with Crippen molar-refractivity contribution in [2.24, 2.45) is 5.92 Å². The van der Waals surface area contributed by atoms with Crippen molar-refractivity contribution in [3.8, 4) is 5.75 Å². The molecule has 1 N–H and O–H groups in total. The lowest BCUT2D eigenvalue weighted by Crippen LogP contribution is -2.61. The van der Waals surface area contributed by atoms with Gasteiger partial charge in [0.05, 0.1) is 24.2 Å². The molecule has 7 heteroatoms. The first-order chi connectivity index (χ1) is 14.0. The Morgan fingerprint density at radius 3 is 2.86 bits per heavy atom. The van der Waals surface area contributed by atoms with Crippen molar-refractivity contribution in [3.05, 3.63) is 46.7 Å². The Hall–Kier alpha value is -2.22. The van der Waals surface area contributed by atoms with Crippen molar-refractivity contribution < 1.29 is 9.15 Å². The van der Waals surface area contributed by atoms with Gasteiger partial charge in [0.15, 0.2) is 0 Å². The molecule has 3 heterocycles. The Kier molecular flexibility index (Phi) is 4.31. The number of aromatic nitrogens is 1. The van der Waals surface area contributed by atoms with Crippen LogP contribution in [0, 0.1) is 5.92 Å².